The van der Waals surface area contributed by atoms with Gasteiger partial charge < -0.3 is 5.32 Å². The molecule has 0 saturated carbocycles. The van der Waals surface area contributed by atoms with Gasteiger partial charge in [-0.3, -0.25) is 4.79 Å². The van der Waals surface area contributed by atoms with Gasteiger partial charge in [0.05, 0.1) is 5.02 Å². The fourth-order valence-electron chi connectivity index (χ4n) is 1.03. The monoisotopic (exact) mass is 323 g/mol. The van der Waals surface area contributed by atoms with Crippen LogP contribution < -0.4 is 5.32 Å². The van der Waals surface area contributed by atoms with E-state index in [9.17, 15) is 4.79 Å². The first-order valence-corrected chi connectivity index (χ1v) is 7.33. The molecule has 2 nitrogen and oxygen atoms in total. The van der Waals surface area contributed by atoms with Crippen LogP contribution in [0.1, 0.15) is 29.1 Å². The van der Waals surface area contributed by atoms with Gasteiger partial charge in [0.15, 0.2) is 0 Å². The van der Waals surface area contributed by atoms with E-state index < -0.39 is 0 Å². The van der Waals surface area contributed by atoms with E-state index in [2.05, 4.69) is 35.1 Å². The lowest BCUT2D eigenvalue weighted by Gasteiger charge is -2.21. The second kappa shape index (κ2) is 5.52. The number of carbonyl (C=O) groups excluding carboxylic acids is 1. The van der Waals surface area contributed by atoms with Crippen LogP contribution in [0.5, 0.6) is 0 Å². The number of rotatable bonds is 4. The van der Waals surface area contributed by atoms with Gasteiger partial charge in [-0.25, -0.2) is 0 Å². The Hall–Kier alpha value is -0.0600. The van der Waals surface area contributed by atoms with E-state index in [1.54, 1.807) is 0 Å². The first-order chi connectivity index (χ1) is 7.37. The molecule has 0 aliphatic rings. The van der Waals surface area contributed by atoms with Crippen LogP contribution in [-0.4, -0.2) is 17.8 Å². The number of aryl methyl sites for hydroxylation is 1. The van der Waals surface area contributed by atoms with Crippen LogP contribution >= 0.6 is 38.9 Å². The molecule has 1 aromatic rings. The Morgan fingerprint density at radius 3 is 2.69 bits per heavy atom. The molecule has 0 bridgehead atoms. The van der Waals surface area contributed by atoms with Gasteiger partial charge in [0.1, 0.15) is 4.88 Å². The van der Waals surface area contributed by atoms with Crippen molar-refractivity contribution in [1.82, 2.24) is 5.32 Å². The molecule has 0 fully saturated rings. The van der Waals surface area contributed by atoms with Crippen LogP contribution in [-0.2, 0) is 0 Å². The fraction of sp³-hybridized carbons (Fsp3) is 0.545. The molecule has 1 amide bonds. The van der Waals surface area contributed by atoms with Gasteiger partial charge >= 0.3 is 0 Å². The number of hydrogen-bond donors (Lipinski definition) is 1. The Labute approximate surface area is 114 Å². The van der Waals surface area contributed by atoms with Crippen LogP contribution in [0.2, 0.25) is 5.02 Å². The van der Waals surface area contributed by atoms with E-state index in [1.165, 1.54) is 11.3 Å². The third-order valence-corrected chi connectivity index (χ3v) is 5.41. The molecule has 1 rings (SSSR count). The SMILES string of the molecule is Cc1csc(C(=O)NCC(C)(C)CBr)c1Cl. The Morgan fingerprint density at radius 1 is 1.62 bits per heavy atom. The molecule has 90 valence electrons. The number of hydrogen-bond acceptors (Lipinski definition) is 2. The minimum Gasteiger partial charge on any atom is -0.351 e. The first-order valence-electron chi connectivity index (χ1n) is 4.95. The van der Waals surface area contributed by atoms with Crippen molar-refractivity contribution in [3.05, 3.63) is 20.8 Å². The summed E-state index contributed by atoms with van der Waals surface area (Å²) in [6, 6.07) is 0. The number of nitrogens with one attached hydrogen (secondary N) is 1. The van der Waals surface area contributed by atoms with Crippen LogP contribution in [0.15, 0.2) is 5.38 Å². The van der Waals surface area contributed by atoms with E-state index >= 15 is 0 Å². The maximum atomic E-state index is 11.8. The average Bonchev–Trinajstić information content (AvgIpc) is 2.57. The summed E-state index contributed by atoms with van der Waals surface area (Å²) in [4.78, 5) is 12.4. The quantitative estimate of drug-likeness (QED) is 0.837. The van der Waals surface area contributed by atoms with E-state index in [1.807, 2.05) is 12.3 Å². The molecule has 1 aromatic heterocycles. The second-order valence-electron chi connectivity index (χ2n) is 4.54. The highest BCUT2D eigenvalue weighted by Gasteiger charge is 2.20. The normalized spacial score (nSPS) is 11.6. The maximum absolute atomic E-state index is 11.8. The Kier molecular flexibility index (Phi) is 4.83. The van der Waals surface area contributed by atoms with E-state index in [0.717, 1.165) is 10.9 Å². The molecular formula is C11H15BrClNOS. The number of thiophene rings is 1. The number of halogens is 2. The standard InChI is InChI=1S/C11H15BrClNOS/c1-7-4-16-9(8(7)13)10(15)14-6-11(2,3)5-12/h4H,5-6H2,1-3H3,(H,14,15). The number of carbonyl (C=O) groups is 1. The molecule has 0 radical (unpaired) electrons. The summed E-state index contributed by atoms with van der Waals surface area (Å²) in [5.74, 6) is -0.0860. The van der Waals surface area contributed by atoms with E-state index in [4.69, 9.17) is 11.6 Å². The number of amides is 1. The Bertz CT molecular complexity index is 389. The van der Waals surface area contributed by atoms with Gasteiger partial charge in [-0.1, -0.05) is 41.4 Å². The predicted octanol–water partition coefficient (Wildman–Crippen LogP) is 3.86. The van der Waals surface area contributed by atoms with Crippen molar-refractivity contribution in [3.63, 3.8) is 0 Å². The van der Waals surface area contributed by atoms with Crippen molar-refractivity contribution in [2.45, 2.75) is 20.8 Å². The summed E-state index contributed by atoms with van der Waals surface area (Å²) in [5, 5.41) is 6.21. The molecule has 0 saturated heterocycles. The molecule has 0 unspecified atom stereocenters. The van der Waals surface area contributed by atoms with Gasteiger partial charge in [0.2, 0.25) is 0 Å². The summed E-state index contributed by atoms with van der Waals surface area (Å²) in [7, 11) is 0. The average molecular weight is 325 g/mol. The lowest BCUT2D eigenvalue weighted by atomic mass is 9.97. The Morgan fingerprint density at radius 2 is 2.25 bits per heavy atom. The fourth-order valence-corrected chi connectivity index (χ4v) is 2.42. The van der Waals surface area contributed by atoms with Crippen molar-refractivity contribution in [2.24, 2.45) is 5.41 Å². The van der Waals surface area contributed by atoms with Crippen LogP contribution in [0.3, 0.4) is 0 Å². The lowest BCUT2D eigenvalue weighted by Crippen LogP contribution is -2.34. The van der Waals surface area contributed by atoms with E-state index in [-0.39, 0.29) is 11.3 Å². The van der Waals surface area contributed by atoms with Crippen molar-refractivity contribution < 1.29 is 4.79 Å². The summed E-state index contributed by atoms with van der Waals surface area (Å²) in [6.45, 7) is 6.70. The van der Waals surface area contributed by atoms with Gasteiger partial charge in [-0.15, -0.1) is 11.3 Å². The minimum atomic E-state index is -0.0860. The molecule has 1 N–H and O–H groups in total. The topological polar surface area (TPSA) is 29.1 Å². The van der Waals surface area contributed by atoms with Gasteiger partial charge in [0.25, 0.3) is 5.91 Å². The molecular weight excluding hydrogens is 310 g/mol. The second-order valence-corrected chi connectivity index (χ2v) is 6.36. The van der Waals surface area contributed by atoms with Gasteiger partial charge in [0, 0.05) is 11.9 Å². The number of alkyl halides is 1. The zero-order valence-corrected chi connectivity index (χ0v) is 12.7. The zero-order chi connectivity index (χ0) is 12.3. The maximum Gasteiger partial charge on any atom is 0.262 e. The highest BCUT2D eigenvalue weighted by Crippen LogP contribution is 2.27. The van der Waals surface area contributed by atoms with Crippen LogP contribution in [0, 0.1) is 12.3 Å². The van der Waals surface area contributed by atoms with Crippen LogP contribution in [0.25, 0.3) is 0 Å². The summed E-state index contributed by atoms with van der Waals surface area (Å²) < 4.78 is 0. The summed E-state index contributed by atoms with van der Waals surface area (Å²) >= 11 is 10.8. The molecule has 0 spiro atoms. The van der Waals surface area contributed by atoms with Crippen LogP contribution in [0.4, 0.5) is 0 Å². The largest absolute Gasteiger partial charge is 0.351 e. The predicted molar refractivity (Wildman–Crippen MR) is 74.0 cm³/mol. The van der Waals surface area contributed by atoms with E-state index in [0.29, 0.717) is 16.4 Å². The lowest BCUT2D eigenvalue weighted by molar-refractivity contribution is 0.0944. The first kappa shape index (κ1) is 14.0. The molecule has 5 heteroatoms. The van der Waals surface area contributed by atoms with Gasteiger partial charge in [-0.05, 0) is 23.3 Å². The van der Waals surface area contributed by atoms with Crippen molar-refractivity contribution in [3.8, 4) is 0 Å². The molecule has 1 heterocycles. The molecule has 16 heavy (non-hydrogen) atoms. The molecule has 0 aliphatic carbocycles. The van der Waals surface area contributed by atoms with Crippen molar-refractivity contribution in [1.29, 1.82) is 0 Å². The third kappa shape index (κ3) is 3.47. The summed E-state index contributed by atoms with van der Waals surface area (Å²) in [5.41, 5.74) is 1.01. The van der Waals surface area contributed by atoms with Gasteiger partial charge in [-0.2, -0.15) is 0 Å². The third-order valence-electron chi connectivity index (χ3n) is 2.19. The highest BCUT2D eigenvalue weighted by atomic mass is 79.9. The summed E-state index contributed by atoms with van der Waals surface area (Å²) in [6.07, 6.45) is 0. The van der Waals surface area contributed by atoms with Crippen molar-refractivity contribution in [2.75, 3.05) is 11.9 Å². The smallest absolute Gasteiger partial charge is 0.262 e. The van der Waals surface area contributed by atoms with Crippen molar-refractivity contribution >= 4 is 44.8 Å². The molecule has 0 atom stereocenters. The zero-order valence-electron chi connectivity index (χ0n) is 9.56. The Balaban J connectivity index is 2.64. The molecule has 0 aromatic carbocycles. The molecule has 0 aliphatic heterocycles. The highest BCUT2D eigenvalue weighted by molar-refractivity contribution is 9.09. The minimum absolute atomic E-state index is 0.0500.